The number of hydrogen-bond donors (Lipinski definition) is 0. The molecule has 0 N–H and O–H groups in total. The fourth-order valence-corrected chi connectivity index (χ4v) is 1.92. The number of allylic oxidation sites excluding steroid dienone is 2. The molecule has 0 atom stereocenters. The van der Waals surface area contributed by atoms with Gasteiger partial charge in [0, 0.05) is 0 Å². The molecule has 0 amide bonds. The zero-order valence-electron chi connectivity index (χ0n) is 9.88. The van der Waals surface area contributed by atoms with E-state index in [9.17, 15) is 0 Å². The van der Waals surface area contributed by atoms with E-state index in [1.54, 1.807) is 0 Å². The normalized spacial score (nSPS) is 10.4. The molecule has 0 spiro atoms. The van der Waals surface area contributed by atoms with Gasteiger partial charge in [-0.15, -0.1) is 0 Å². The van der Waals surface area contributed by atoms with Gasteiger partial charge in [-0.05, 0) is 41.8 Å². The Labute approximate surface area is 96.9 Å². The molecule has 0 fully saturated rings. The van der Waals surface area contributed by atoms with Crippen molar-refractivity contribution >= 4 is 21.9 Å². The quantitative estimate of drug-likeness (QED) is 0.658. The smallest absolute Gasteiger partial charge is 0.0109 e. The molecule has 0 nitrogen and oxygen atoms in total. The molecule has 2 aromatic rings. The number of rotatable bonds is 2. The van der Waals surface area contributed by atoms with Gasteiger partial charge in [0.15, 0.2) is 0 Å². The Morgan fingerprint density at radius 3 is 2.31 bits per heavy atom. The molecular formula is C16H16. The monoisotopic (exact) mass is 208 g/mol. The first-order valence-corrected chi connectivity index (χ1v) is 5.44. The predicted octanol–water partition coefficient (Wildman–Crippen LogP) is 4.91. The Hall–Kier alpha value is -1.82. The van der Waals surface area contributed by atoms with Crippen LogP contribution in [0.4, 0.5) is 0 Å². The van der Waals surface area contributed by atoms with Crippen LogP contribution in [-0.2, 0) is 0 Å². The van der Waals surface area contributed by atoms with Crippen LogP contribution in [0.3, 0.4) is 0 Å². The SMILES string of the molecule is C=C(C)c1ccc2c(C(=C)C)cccc2c1. The van der Waals surface area contributed by atoms with Gasteiger partial charge in [-0.1, -0.05) is 54.6 Å². The van der Waals surface area contributed by atoms with Crippen molar-refractivity contribution in [1.29, 1.82) is 0 Å². The Kier molecular flexibility index (Phi) is 2.66. The average Bonchev–Trinajstić information content (AvgIpc) is 2.27. The van der Waals surface area contributed by atoms with Crippen LogP contribution in [0.2, 0.25) is 0 Å². The van der Waals surface area contributed by atoms with E-state index in [1.807, 2.05) is 13.8 Å². The van der Waals surface area contributed by atoms with Crippen LogP contribution in [0, 0.1) is 0 Å². The summed E-state index contributed by atoms with van der Waals surface area (Å²) in [7, 11) is 0. The lowest BCUT2D eigenvalue weighted by Gasteiger charge is -2.08. The third-order valence-corrected chi connectivity index (χ3v) is 2.83. The lowest BCUT2D eigenvalue weighted by molar-refractivity contribution is 1.59. The lowest BCUT2D eigenvalue weighted by Crippen LogP contribution is -1.84. The van der Waals surface area contributed by atoms with Gasteiger partial charge < -0.3 is 0 Å². The van der Waals surface area contributed by atoms with Gasteiger partial charge in [0.25, 0.3) is 0 Å². The Balaban J connectivity index is 2.73. The summed E-state index contributed by atoms with van der Waals surface area (Å²) >= 11 is 0. The highest BCUT2D eigenvalue weighted by atomic mass is 14.1. The standard InChI is InChI=1S/C16H16/c1-11(2)13-8-9-16-14(10-13)6-5-7-15(16)12(3)4/h5-10H,1,3H2,2,4H3. The summed E-state index contributed by atoms with van der Waals surface area (Å²) in [6, 6.07) is 12.8. The van der Waals surface area contributed by atoms with Crippen molar-refractivity contribution in [3.05, 3.63) is 60.7 Å². The van der Waals surface area contributed by atoms with Crippen LogP contribution >= 0.6 is 0 Å². The highest BCUT2D eigenvalue weighted by Crippen LogP contribution is 2.26. The molecule has 0 aliphatic carbocycles. The first-order valence-electron chi connectivity index (χ1n) is 5.44. The van der Waals surface area contributed by atoms with Crippen LogP contribution in [0.15, 0.2) is 49.6 Å². The van der Waals surface area contributed by atoms with E-state index in [0.717, 1.165) is 11.1 Å². The summed E-state index contributed by atoms with van der Waals surface area (Å²) in [4.78, 5) is 0. The van der Waals surface area contributed by atoms with Crippen LogP contribution in [-0.4, -0.2) is 0 Å². The van der Waals surface area contributed by atoms with Crippen molar-refractivity contribution in [2.45, 2.75) is 13.8 Å². The van der Waals surface area contributed by atoms with Crippen molar-refractivity contribution in [3.8, 4) is 0 Å². The zero-order valence-corrected chi connectivity index (χ0v) is 9.88. The second-order valence-electron chi connectivity index (χ2n) is 4.30. The largest absolute Gasteiger partial charge is 0.0955 e. The highest BCUT2D eigenvalue weighted by Gasteiger charge is 2.02. The Morgan fingerprint density at radius 1 is 0.938 bits per heavy atom. The molecule has 16 heavy (non-hydrogen) atoms. The Bertz CT molecular complexity index is 574. The number of fused-ring (bicyclic) bond motifs is 1. The van der Waals surface area contributed by atoms with Gasteiger partial charge in [-0.25, -0.2) is 0 Å². The molecule has 0 bridgehead atoms. The third-order valence-electron chi connectivity index (χ3n) is 2.83. The summed E-state index contributed by atoms with van der Waals surface area (Å²) in [5.74, 6) is 0. The minimum absolute atomic E-state index is 1.10. The van der Waals surface area contributed by atoms with Gasteiger partial charge in [0.2, 0.25) is 0 Å². The average molecular weight is 208 g/mol. The molecule has 0 heteroatoms. The first-order chi connectivity index (χ1) is 7.59. The molecule has 2 aromatic carbocycles. The van der Waals surface area contributed by atoms with Gasteiger partial charge in [0.05, 0.1) is 0 Å². The van der Waals surface area contributed by atoms with Crippen molar-refractivity contribution in [3.63, 3.8) is 0 Å². The maximum atomic E-state index is 4.02. The molecule has 0 aromatic heterocycles. The molecule has 0 saturated heterocycles. The van der Waals surface area contributed by atoms with Gasteiger partial charge >= 0.3 is 0 Å². The molecular weight excluding hydrogens is 192 g/mol. The van der Waals surface area contributed by atoms with Gasteiger partial charge in [0.1, 0.15) is 0 Å². The minimum Gasteiger partial charge on any atom is -0.0955 e. The predicted molar refractivity (Wildman–Crippen MR) is 73.4 cm³/mol. The molecule has 0 aliphatic rings. The number of hydrogen-bond acceptors (Lipinski definition) is 0. The molecule has 0 heterocycles. The molecule has 0 saturated carbocycles. The highest BCUT2D eigenvalue weighted by molar-refractivity contribution is 5.94. The Morgan fingerprint density at radius 2 is 1.69 bits per heavy atom. The van der Waals surface area contributed by atoms with Crippen LogP contribution in [0.1, 0.15) is 25.0 Å². The maximum Gasteiger partial charge on any atom is -0.0109 e. The summed E-state index contributed by atoms with van der Waals surface area (Å²) in [6.07, 6.45) is 0. The van der Waals surface area contributed by atoms with Gasteiger partial charge in [-0.3, -0.25) is 0 Å². The summed E-state index contributed by atoms with van der Waals surface area (Å²) < 4.78 is 0. The summed E-state index contributed by atoms with van der Waals surface area (Å²) in [5.41, 5.74) is 4.63. The van der Waals surface area contributed by atoms with E-state index >= 15 is 0 Å². The molecule has 80 valence electrons. The van der Waals surface area contributed by atoms with Crippen molar-refractivity contribution in [1.82, 2.24) is 0 Å². The molecule has 2 rings (SSSR count). The fourth-order valence-electron chi connectivity index (χ4n) is 1.92. The molecule has 0 unspecified atom stereocenters. The van der Waals surface area contributed by atoms with E-state index in [0.29, 0.717) is 0 Å². The summed E-state index contributed by atoms with van der Waals surface area (Å²) in [5, 5.41) is 2.51. The molecule has 0 radical (unpaired) electrons. The second kappa shape index (κ2) is 3.97. The minimum atomic E-state index is 1.10. The van der Waals surface area contributed by atoms with E-state index in [2.05, 4.69) is 49.6 Å². The summed E-state index contributed by atoms with van der Waals surface area (Å²) in [6.45, 7) is 12.1. The van der Waals surface area contributed by atoms with Crippen LogP contribution in [0.25, 0.3) is 21.9 Å². The third kappa shape index (κ3) is 1.79. The van der Waals surface area contributed by atoms with E-state index in [1.165, 1.54) is 21.9 Å². The van der Waals surface area contributed by atoms with Crippen LogP contribution < -0.4 is 0 Å². The van der Waals surface area contributed by atoms with E-state index < -0.39 is 0 Å². The second-order valence-corrected chi connectivity index (χ2v) is 4.30. The van der Waals surface area contributed by atoms with Crippen LogP contribution in [0.5, 0.6) is 0 Å². The molecule has 0 aliphatic heterocycles. The fraction of sp³-hybridized carbons (Fsp3) is 0.125. The van der Waals surface area contributed by atoms with E-state index in [4.69, 9.17) is 0 Å². The van der Waals surface area contributed by atoms with Crippen molar-refractivity contribution < 1.29 is 0 Å². The topological polar surface area (TPSA) is 0 Å². The first kappa shape index (κ1) is 10.7. The number of benzene rings is 2. The van der Waals surface area contributed by atoms with E-state index in [-0.39, 0.29) is 0 Å². The van der Waals surface area contributed by atoms with Crippen molar-refractivity contribution in [2.75, 3.05) is 0 Å². The zero-order chi connectivity index (χ0) is 11.7. The maximum absolute atomic E-state index is 4.02. The van der Waals surface area contributed by atoms with Crippen molar-refractivity contribution in [2.24, 2.45) is 0 Å². The van der Waals surface area contributed by atoms with Gasteiger partial charge in [-0.2, -0.15) is 0 Å². The lowest BCUT2D eigenvalue weighted by atomic mass is 9.97.